The van der Waals surface area contributed by atoms with Gasteiger partial charge in [-0.05, 0) is 49.9 Å². The molecule has 1 amide bonds. The van der Waals surface area contributed by atoms with Gasteiger partial charge in [0.05, 0.1) is 5.56 Å². The Morgan fingerprint density at radius 2 is 2.26 bits per heavy atom. The van der Waals surface area contributed by atoms with E-state index < -0.39 is 11.7 Å². The predicted octanol–water partition coefficient (Wildman–Crippen LogP) is 1.49. The normalized spacial score (nSPS) is 19.5. The lowest BCUT2D eigenvalue weighted by atomic mass is 9.94. The van der Waals surface area contributed by atoms with Crippen molar-refractivity contribution in [2.24, 2.45) is 17.4 Å². The molecule has 0 radical (unpaired) electrons. The summed E-state index contributed by atoms with van der Waals surface area (Å²) in [7, 11) is 0. The van der Waals surface area contributed by atoms with Gasteiger partial charge in [-0.15, -0.1) is 0 Å². The van der Waals surface area contributed by atoms with Crippen molar-refractivity contribution in [3.05, 3.63) is 29.6 Å². The first-order valence-corrected chi connectivity index (χ1v) is 6.66. The summed E-state index contributed by atoms with van der Waals surface area (Å²) in [5, 5.41) is 0. The van der Waals surface area contributed by atoms with Gasteiger partial charge in [0.15, 0.2) is 0 Å². The maximum absolute atomic E-state index is 13.2. The van der Waals surface area contributed by atoms with Gasteiger partial charge >= 0.3 is 0 Å². The molecule has 1 aliphatic heterocycles. The van der Waals surface area contributed by atoms with Crippen molar-refractivity contribution in [3.8, 4) is 0 Å². The van der Waals surface area contributed by atoms with Crippen LogP contribution in [0.3, 0.4) is 0 Å². The Morgan fingerprint density at radius 1 is 1.47 bits per heavy atom. The summed E-state index contributed by atoms with van der Waals surface area (Å²) in [5.74, 6) is -0.493. The minimum atomic E-state index is -0.588. The number of carbonyl (C=O) groups is 1. The molecule has 0 saturated carbocycles. The van der Waals surface area contributed by atoms with Crippen molar-refractivity contribution < 1.29 is 9.18 Å². The lowest BCUT2D eigenvalue weighted by Crippen LogP contribution is -2.37. The third-order valence-corrected chi connectivity index (χ3v) is 3.66. The monoisotopic (exact) mass is 265 g/mol. The number of piperidine rings is 1. The smallest absolute Gasteiger partial charge is 0.250 e. The molecule has 5 heteroatoms. The van der Waals surface area contributed by atoms with E-state index >= 15 is 0 Å². The second kappa shape index (κ2) is 6.02. The number of anilines is 1. The van der Waals surface area contributed by atoms with E-state index in [-0.39, 0.29) is 5.56 Å². The number of hydrogen-bond acceptors (Lipinski definition) is 3. The number of halogens is 1. The third-order valence-electron chi connectivity index (χ3n) is 3.66. The molecule has 19 heavy (non-hydrogen) atoms. The molecule has 1 atom stereocenters. The molecule has 1 unspecified atom stereocenters. The van der Waals surface area contributed by atoms with Crippen molar-refractivity contribution in [1.29, 1.82) is 0 Å². The topological polar surface area (TPSA) is 72.3 Å². The fourth-order valence-electron chi connectivity index (χ4n) is 2.74. The predicted molar refractivity (Wildman–Crippen MR) is 73.5 cm³/mol. The molecule has 0 bridgehead atoms. The highest BCUT2D eigenvalue weighted by Crippen LogP contribution is 2.28. The molecule has 1 aliphatic rings. The van der Waals surface area contributed by atoms with Crippen LogP contribution in [0.1, 0.15) is 29.6 Å². The van der Waals surface area contributed by atoms with Gasteiger partial charge in [-0.1, -0.05) is 0 Å². The van der Waals surface area contributed by atoms with Gasteiger partial charge in [0.1, 0.15) is 5.82 Å². The fraction of sp³-hybridized carbons (Fsp3) is 0.500. The summed E-state index contributed by atoms with van der Waals surface area (Å²) in [6.07, 6.45) is 3.19. The van der Waals surface area contributed by atoms with Crippen molar-refractivity contribution in [2.45, 2.75) is 19.3 Å². The minimum Gasteiger partial charge on any atom is -0.371 e. The molecule has 4 N–H and O–H groups in total. The van der Waals surface area contributed by atoms with E-state index in [9.17, 15) is 9.18 Å². The highest BCUT2D eigenvalue weighted by atomic mass is 19.1. The zero-order chi connectivity index (χ0) is 13.8. The second-order valence-electron chi connectivity index (χ2n) is 5.06. The van der Waals surface area contributed by atoms with Crippen LogP contribution in [0.4, 0.5) is 10.1 Å². The van der Waals surface area contributed by atoms with Crippen LogP contribution >= 0.6 is 0 Å². The van der Waals surface area contributed by atoms with E-state index in [1.165, 1.54) is 12.1 Å². The summed E-state index contributed by atoms with van der Waals surface area (Å²) in [6.45, 7) is 2.39. The first-order valence-electron chi connectivity index (χ1n) is 6.66. The lowest BCUT2D eigenvalue weighted by Gasteiger charge is -2.35. The summed E-state index contributed by atoms with van der Waals surface area (Å²) in [5.41, 5.74) is 11.9. The van der Waals surface area contributed by atoms with Crippen LogP contribution in [0, 0.1) is 11.7 Å². The summed E-state index contributed by atoms with van der Waals surface area (Å²) in [4.78, 5) is 13.5. The molecule has 0 aliphatic carbocycles. The van der Waals surface area contributed by atoms with Crippen LogP contribution in [-0.2, 0) is 0 Å². The van der Waals surface area contributed by atoms with E-state index in [4.69, 9.17) is 11.5 Å². The van der Waals surface area contributed by atoms with Crippen LogP contribution in [0.15, 0.2) is 18.2 Å². The maximum atomic E-state index is 13.2. The molecule has 0 aromatic heterocycles. The number of carbonyl (C=O) groups excluding carboxylic acids is 1. The van der Waals surface area contributed by atoms with E-state index in [0.29, 0.717) is 12.5 Å². The number of rotatable bonds is 4. The molecule has 1 fully saturated rings. The Labute approximate surface area is 112 Å². The number of nitrogens with two attached hydrogens (primary N) is 2. The number of hydrogen-bond donors (Lipinski definition) is 2. The van der Waals surface area contributed by atoms with Crippen molar-refractivity contribution in [3.63, 3.8) is 0 Å². The molecule has 1 aromatic carbocycles. The van der Waals surface area contributed by atoms with Crippen LogP contribution in [0.5, 0.6) is 0 Å². The van der Waals surface area contributed by atoms with Gasteiger partial charge in [-0.3, -0.25) is 4.79 Å². The Morgan fingerprint density at radius 3 is 2.95 bits per heavy atom. The Hall–Kier alpha value is -1.62. The fourth-order valence-corrected chi connectivity index (χ4v) is 2.74. The highest BCUT2D eigenvalue weighted by Gasteiger charge is 2.22. The van der Waals surface area contributed by atoms with Gasteiger partial charge in [-0.2, -0.15) is 0 Å². The van der Waals surface area contributed by atoms with Gasteiger partial charge in [-0.25, -0.2) is 4.39 Å². The molecule has 1 aromatic rings. The minimum absolute atomic E-state index is 0.258. The largest absolute Gasteiger partial charge is 0.371 e. The van der Waals surface area contributed by atoms with Gasteiger partial charge in [0.25, 0.3) is 5.91 Å². The molecule has 104 valence electrons. The SMILES string of the molecule is NCCC1CCCN(c2ccc(F)cc2C(N)=O)C1. The van der Waals surface area contributed by atoms with Gasteiger partial charge in [0, 0.05) is 18.8 Å². The van der Waals surface area contributed by atoms with Crippen LogP contribution in [-0.4, -0.2) is 25.5 Å². The third kappa shape index (κ3) is 3.23. The first kappa shape index (κ1) is 13.8. The zero-order valence-electron chi connectivity index (χ0n) is 10.9. The number of amides is 1. The molecule has 4 nitrogen and oxygen atoms in total. The molecule has 0 spiro atoms. The van der Waals surface area contributed by atoms with Gasteiger partial charge < -0.3 is 16.4 Å². The average Bonchev–Trinajstić information content (AvgIpc) is 2.39. The number of benzene rings is 1. The molecule has 2 rings (SSSR count). The quantitative estimate of drug-likeness (QED) is 0.866. The Bertz CT molecular complexity index is 462. The van der Waals surface area contributed by atoms with Crippen molar-refractivity contribution in [1.82, 2.24) is 0 Å². The van der Waals surface area contributed by atoms with E-state index in [0.717, 1.165) is 38.0 Å². The standard InChI is InChI=1S/C14H20FN3O/c15-11-3-4-13(12(8-11)14(17)19)18-7-1-2-10(9-18)5-6-16/h3-4,8,10H,1-2,5-7,9,16H2,(H2,17,19). The molecule has 1 saturated heterocycles. The van der Waals surface area contributed by atoms with E-state index in [2.05, 4.69) is 4.90 Å². The Kier molecular flexibility index (Phi) is 4.37. The van der Waals surface area contributed by atoms with Crippen molar-refractivity contribution in [2.75, 3.05) is 24.5 Å². The second-order valence-corrected chi connectivity index (χ2v) is 5.06. The molecule has 1 heterocycles. The summed E-state index contributed by atoms with van der Waals surface area (Å²) in [6, 6.07) is 4.22. The summed E-state index contributed by atoms with van der Waals surface area (Å²) >= 11 is 0. The Balaban J connectivity index is 2.23. The first-order chi connectivity index (χ1) is 9.11. The van der Waals surface area contributed by atoms with Crippen LogP contribution in [0.25, 0.3) is 0 Å². The van der Waals surface area contributed by atoms with E-state index in [1.807, 2.05) is 0 Å². The molecular formula is C14H20FN3O. The molecular weight excluding hydrogens is 245 g/mol. The number of nitrogens with zero attached hydrogens (tertiary/aromatic N) is 1. The van der Waals surface area contributed by atoms with Crippen molar-refractivity contribution >= 4 is 11.6 Å². The van der Waals surface area contributed by atoms with Gasteiger partial charge in [0.2, 0.25) is 0 Å². The van der Waals surface area contributed by atoms with Crippen LogP contribution < -0.4 is 16.4 Å². The average molecular weight is 265 g/mol. The lowest BCUT2D eigenvalue weighted by molar-refractivity contribution is 0.1000. The summed E-state index contributed by atoms with van der Waals surface area (Å²) < 4.78 is 13.2. The van der Waals surface area contributed by atoms with Crippen LogP contribution in [0.2, 0.25) is 0 Å². The zero-order valence-corrected chi connectivity index (χ0v) is 10.9. The van der Waals surface area contributed by atoms with E-state index in [1.54, 1.807) is 6.07 Å². The highest BCUT2D eigenvalue weighted by molar-refractivity contribution is 5.98. The number of primary amides is 1. The maximum Gasteiger partial charge on any atom is 0.250 e.